The Bertz CT molecular complexity index is 434. The second-order valence-electron chi connectivity index (χ2n) is 4.97. The first-order chi connectivity index (χ1) is 9.54. The van der Waals surface area contributed by atoms with E-state index in [0.717, 1.165) is 6.42 Å². The van der Waals surface area contributed by atoms with Crippen LogP contribution in [0.15, 0.2) is 30.3 Å². The molecule has 110 valence electrons. The van der Waals surface area contributed by atoms with E-state index in [1.165, 1.54) is 0 Å². The number of carboxylic acids is 1. The Balaban J connectivity index is 2.55. The molecule has 1 aromatic carbocycles. The van der Waals surface area contributed by atoms with E-state index in [1.807, 2.05) is 6.92 Å². The maximum absolute atomic E-state index is 11.8. The molecule has 0 spiro atoms. The van der Waals surface area contributed by atoms with E-state index in [1.54, 1.807) is 30.3 Å². The first-order valence-corrected chi connectivity index (χ1v) is 6.81. The van der Waals surface area contributed by atoms with Gasteiger partial charge in [-0.15, -0.1) is 0 Å². The van der Waals surface area contributed by atoms with Gasteiger partial charge in [-0.3, -0.25) is 4.79 Å². The number of nitrogens with two attached hydrogens (primary N) is 1. The predicted octanol–water partition coefficient (Wildman–Crippen LogP) is 1.69. The van der Waals surface area contributed by atoms with Gasteiger partial charge in [0, 0.05) is 6.42 Å². The number of rotatable bonds is 8. The van der Waals surface area contributed by atoms with Crippen LogP contribution in [-0.2, 0) is 9.59 Å². The van der Waals surface area contributed by atoms with Crippen molar-refractivity contribution in [2.75, 3.05) is 6.54 Å². The molecule has 5 nitrogen and oxygen atoms in total. The van der Waals surface area contributed by atoms with Gasteiger partial charge in [-0.1, -0.05) is 37.3 Å². The average molecular weight is 278 g/mol. The lowest BCUT2D eigenvalue weighted by molar-refractivity contribution is -0.142. The zero-order valence-electron chi connectivity index (χ0n) is 11.7. The van der Waals surface area contributed by atoms with Gasteiger partial charge in [0.05, 0.1) is 0 Å². The van der Waals surface area contributed by atoms with Gasteiger partial charge in [-0.2, -0.15) is 0 Å². The number of benzene rings is 1. The number of carboxylic acid groups (broad SMARTS) is 1. The minimum absolute atomic E-state index is 0.245. The molecule has 1 unspecified atom stereocenters. The quantitative estimate of drug-likeness (QED) is 0.674. The SMILES string of the molecule is CC(CCN)CCC(=O)N[C@H](C(=O)O)c1ccccc1. The molecule has 0 saturated carbocycles. The third-order valence-corrected chi connectivity index (χ3v) is 3.21. The van der Waals surface area contributed by atoms with Gasteiger partial charge in [0.1, 0.15) is 0 Å². The fraction of sp³-hybridized carbons (Fsp3) is 0.467. The summed E-state index contributed by atoms with van der Waals surface area (Å²) in [5.74, 6) is -0.935. The molecule has 5 heteroatoms. The van der Waals surface area contributed by atoms with Crippen LogP contribution in [0.2, 0.25) is 0 Å². The second-order valence-corrected chi connectivity index (χ2v) is 4.97. The summed E-state index contributed by atoms with van der Waals surface area (Å²) < 4.78 is 0. The summed E-state index contributed by atoms with van der Waals surface area (Å²) in [6.07, 6.45) is 1.90. The van der Waals surface area contributed by atoms with Crippen molar-refractivity contribution in [1.29, 1.82) is 0 Å². The van der Waals surface area contributed by atoms with E-state index >= 15 is 0 Å². The van der Waals surface area contributed by atoms with Gasteiger partial charge in [0.15, 0.2) is 6.04 Å². The molecule has 0 aromatic heterocycles. The summed E-state index contributed by atoms with van der Waals surface area (Å²) in [5.41, 5.74) is 6.03. The Morgan fingerprint density at radius 3 is 2.45 bits per heavy atom. The van der Waals surface area contributed by atoms with Gasteiger partial charge in [-0.05, 0) is 30.9 Å². The minimum atomic E-state index is -1.06. The molecular weight excluding hydrogens is 256 g/mol. The highest BCUT2D eigenvalue weighted by Gasteiger charge is 2.21. The molecule has 0 aliphatic carbocycles. The number of amides is 1. The Morgan fingerprint density at radius 1 is 1.25 bits per heavy atom. The van der Waals surface area contributed by atoms with E-state index in [0.29, 0.717) is 30.9 Å². The van der Waals surface area contributed by atoms with Crippen LogP contribution in [0.5, 0.6) is 0 Å². The maximum Gasteiger partial charge on any atom is 0.330 e. The monoisotopic (exact) mass is 278 g/mol. The Labute approximate surface area is 119 Å². The molecule has 0 aliphatic rings. The van der Waals surface area contributed by atoms with Crippen LogP contribution in [0.3, 0.4) is 0 Å². The van der Waals surface area contributed by atoms with Crippen molar-refractivity contribution in [3.05, 3.63) is 35.9 Å². The molecule has 1 rings (SSSR count). The van der Waals surface area contributed by atoms with Gasteiger partial charge < -0.3 is 16.2 Å². The number of hydrogen-bond acceptors (Lipinski definition) is 3. The zero-order valence-corrected chi connectivity index (χ0v) is 11.7. The first-order valence-electron chi connectivity index (χ1n) is 6.81. The Kier molecular flexibility index (Phi) is 6.73. The van der Waals surface area contributed by atoms with Crippen molar-refractivity contribution in [2.45, 2.75) is 32.2 Å². The predicted molar refractivity (Wildman–Crippen MR) is 77.0 cm³/mol. The zero-order chi connectivity index (χ0) is 15.0. The molecule has 0 fully saturated rings. The number of carbonyl (C=O) groups is 2. The standard InChI is InChI=1S/C15H22N2O3/c1-11(9-10-16)7-8-13(18)17-14(15(19)20)12-5-3-2-4-6-12/h2-6,11,14H,7-10,16H2,1H3,(H,17,18)(H,19,20)/t11?,14-/m0/s1. The smallest absolute Gasteiger partial charge is 0.330 e. The molecular formula is C15H22N2O3. The average Bonchev–Trinajstić information content (AvgIpc) is 2.43. The van der Waals surface area contributed by atoms with Crippen molar-refractivity contribution in [2.24, 2.45) is 11.7 Å². The lowest BCUT2D eigenvalue weighted by atomic mass is 10.0. The topological polar surface area (TPSA) is 92.4 Å². The van der Waals surface area contributed by atoms with Crippen molar-refractivity contribution < 1.29 is 14.7 Å². The van der Waals surface area contributed by atoms with Crippen LogP contribution in [0.4, 0.5) is 0 Å². The lowest BCUT2D eigenvalue weighted by Gasteiger charge is -2.16. The normalized spacial score (nSPS) is 13.5. The van der Waals surface area contributed by atoms with Crippen LogP contribution in [-0.4, -0.2) is 23.5 Å². The van der Waals surface area contributed by atoms with E-state index in [4.69, 9.17) is 5.73 Å². The van der Waals surface area contributed by atoms with Crippen LogP contribution < -0.4 is 11.1 Å². The summed E-state index contributed by atoms with van der Waals surface area (Å²) >= 11 is 0. The highest BCUT2D eigenvalue weighted by Crippen LogP contribution is 2.14. The number of aliphatic carboxylic acids is 1. The number of carbonyl (C=O) groups excluding carboxylic acids is 1. The highest BCUT2D eigenvalue weighted by atomic mass is 16.4. The second kappa shape index (κ2) is 8.32. The molecule has 0 heterocycles. The van der Waals surface area contributed by atoms with E-state index in [9.17, 15) is 14.7 Å². The van der Waals surface area contributed by atoms with Crippen molar-refractivity contribution >= 4 is 11.9 Å². The summed E-state index contributed by atoms with van der Waals surface area (Å²) in [6.45, 7) is 2.64. The van der Waals surface area contributed by atoms with E-state index in [-0.39, 0.29) is 5.91 Å². The molecule has 0 saturated heterocycles. The van der Waals surface area contributed by atoms with Crippen LogP contribution >= 0.6 is 0 Å². The number of nitrogens with one attached hydrogen (secondary N) is 1. The van der Waals surface area contributed by atoms with Gasteiger partial charge in [-0.25, -0.2) is 4.79 Å². The van der Waals surface area contributed by atoms with Crippen molar-refractivity contribution in [1.82, 2.24) is 5.32 Å². The molecule has 2 atom stereocenters. The van der Waals surface area contributed by atoms with Crippen LogP contribution in [0.1, 0.15) is 37.8 Å². The van der Waals surface area contributed by atoms with Gasteiger partial charge in [0.2, 0.25) is 5.91 Å². The molecule has 20 heavy (non-hydrogen) atoms. The van der Waals surface area contributed by atoms with E-state index < -0.39 is 12.0 Å². The van der Waals surface area contributed by atoms with Crippen molar-refractivity contribution in [3.8, 4) is 0 Å². The molecule has 0 radical (unpaired) electrons. The lowest BCUT2D eigenvalue weighted by Crippen LogP contribution is -2.33. The highest BCUT2D eigenvalue weighted by molar-refractivity contribution is 5.84. The third-order valence-electron chi connectivity index (χ3n) is 3.21. The molecule has 1 amide bonds. The Hall–Kier alpha value is -1.88. The summed E-state index contributed by atoms with van der Waals surface area (Å²) in [5, 5.41) is 11.8. The van der Waals surface area contributed by atoms with Gasteiger partial charge in [0.25, 0.3) is 0 Å². The van der Waals surface area contributed by atoms with Gasteiger partial charge >= 0.3 is 5.97 Å². The minimum Gasteiger partial charge on any atom is -0.479 e. The third kappa shape index (κ3) is 5.40. The fourth-order valence-electron chi connectivity index (χ4n) is 1.97. The molecule has 0 bridgehead atoms. The fourth-order valence-corrected chi connectivity index (χ4v) is 1.97. The van der Waals surface area contributed by atoms with Crippen LogP contribution in [0.25, 0.3) is 0 Å². The molecule has 4 N–H and O–H groups in total. The van der Waals surface area contributed by atoms with Crippen molar-refractivity contribution in [3.63, 3.8) is 0 Å². The van der Waals surface area contributed by atoms with E-state index in [2.05, 4.69) is 5.32 Å². The summed E-state index contributed by atoms with van der Waals surface area (Å²) in [6, 6.07) is 7.69. The molecule has 0 aliphatic heterocycles. The summed E-state index contributed by atoms with van der Waals surface area (Å²) in [4.78, 5) is 23.1. The largest absolute Gasteiger partial charge is 0.479 e. The summed E-state index contributed by atoms with van der Waals surface area (Å²) in [7, 11) is 0. The first kappa shape index (κ1) is 16.2. The maximum atomic E-state index is 11.8. The Morgan fingerprint density at radius 2 is 1.90 bits per heavy atom. The number of hydrogen-bond donors (Lipinski definition) is 3. The van der Waals surface area contributed by atoms with Crippen LogP contribution in [0, 0.1) is 5.92 Å². The molecule has 1 aromatic rings.